The summed E-state index contributed by atoms with van der Waals surface area (Å²) in [5, 5.41) is 15.3. The summed E-state index contributed by atoms with van der Waals surface area (Å²) in [6.07, 6.45) is 1.47. The van der Waals surface area contributed by atoms with Crippen molar-refractivity contribution in [2.75, 3.05) is 14.8 Å². The van der Waals surface area contributed by atoms with Crippen LogP contribution in [0, 0.1) is 10.1 Å². The van der Waals surface area contributed by atoms with Crippen molar-refractivity contribution >= 4 is 71.1 Å². The van der Waals surface area contributed by atoms with Crippen LogP contribution in [-0.4, -0.2) is 32.7 Å². The van der Waals surface area contributed by atoms with Crippen molar-refractivity contribution in [2.45, 2.75) is 9.79 Å². The van der Waals surface area contributed by atoms with E-state index in [1.165, 1.54) is 54.7 Å². The fourth-order valence-electron chi connectivity index (χ4n) is 3.07. The molecule has 3 N–H and O–H groups in total. The summed E-state index contributed by atoms with van der Waals surface area (Å²) in [6, 6.07) is 14.0. The third-order valence-corrected chi connectivity index (χ3v) is 8.77. The Bertz CT molecular complexity index is 1710. The minimum absolute atomic E-state index is 0.0200. The molecule has 196 valence electrons. The Kier molecular flexibility index (Phi) is 7.63. The molecule has 38 heavy (non-hydrogen) atoms. The minimum atomic E-state index is -4.17. The lowest BCUT2D eigenvalue weighted by Gasteiger charge is -2.10. The molecule has 1 heterocycles. The Morgan fingerprint density at radius 3 is 2.08 bits per heavy atom. The summed E-state index contributed by atoms with van der Waals surface area (Å²) < 4.78 is 54.7. The summed E-state index contributed by atoms with van der Waals surface area (Å²) in [5.41, 5.74) is 0.0824. The van der Waals surface area contributed by atoms with Gasteiger partial charge in [0.25, 0.3) is 31.6 Å². The summed E-state index contributed by atoms with van der Waals surface area (Å²) >= 11 is 6.87. The van der Waals surface area contributed by atoms with Crippen LogP contribution >= 0.6 is 22.9 Å². The fraction of sp³-hybridized carbons (Fsp3) is 0. The molecule has 4 aromatic rings. The SMILES string of the molecule is O=C(Nc1ccc(S(=O)(=O)Nc2nccs2)cc1)c1ccc(NS(=O)(=O)c2ccc(Cl)c([N+](=O)[O-])c2)cc1. The second kappa shape index (κ2) is 10.7. The molecule has 0 aliphatic rings. The van der Waals surface area contributed by atoms with Gasteiger partial charge in [0.2, 0.25) is 0 Å². The summed E-state index contributed by atoms with van der Waals surface area (Å²) in [4.78, 5) is 26.3. The molecule has 0 aliphatic heterocycles. The van der Waals surface area contributed by atoms with Gasteiger partial charge in [0.05, 0.1) is 14.7 Å². The average molecular weight is 594 g/mol. The topological polar surface area (TPSA) is 177 Å². The zero-order valence-corrected chi connectivity index (χ0v) is 22.1. The van der Waals surface area contributed by atoms with Crippen molar-refractivity contribution in [1.82, 2.24) is 4.98 Å². The zero-order chi connectivity index (χ0) is 27.5. The Morgan fingerprint density at radius 1 is 0.868 bits per heavy atom. The summed E-state index contributed by atoms with van der Waals surface area (Å²) in [6.45, 7) is 0. The molecule has 0 bridgehead atoms. The van der Waals surface area contributed by atoms with Crippen LogP contribution in [0.3, 0.4) is 0 Å². The van der Waals surface area contributed by atoms with Crippen molar-refractivity contribution in [3.63, 3.8) is 0 Å². The van der Waals surface area contributed by atoms with Crippen molar-refractivity contribution in [3.8, 4) is 0 Å². The van der Waals surface area contributed by atoms with E-state index in [1.54, 1.807) is 5.38 Å². The number of anilines is 3. The number of carbonyl (C=O) groups is 1. The molecule has 0 fully saturated rings. The number of carbonyl (C=O) groups excluding carboxylic acids is 1. The van der Waals surface area contributed by atoms with E-state index in [1.807, 2.05) is 0 Å². The molecule has 1 amide bonds. The van der Waals surface area contributed by atoms with Gasteiger partial charge in [0.1, 0.15) is 5.02 Å². The van der Waals surface area contributed by atoms with Crippen LogP contribution < -0.4 is 14.8 Å². The van der Waals surface area contributed by atoms with Crippen LogP contribution in [-0.2, 0) is 20.0 Å². The molecule has 4 rings (SSSR count). The highest BCUT2D eigenvalue weighted by atomic mass is 35.5. The molecule has 0 unspecified atom stereocenters. The van der Waals surface area contributed by atoms with E-state index < -0.39 is 36.6 Å². The number of benzene rings is 3. The molecule has 0 saturated carbocycles. The van der Waals surface area contributed by atoms with E-state index in [0.717, 1.165) is 29.5 Å². The first-order valence-corrected chi connectivity index (χ1v) is 14.6. The number of hydrogen-bond donors (Lipinski definition) is 3. The number of amides is 1. The number of thiazole rings is 1. The predicted molar refractivity (Wildman–Crippen MR) is 143 cm³/mol. The average Bonchev–Trinajstić information content (AvgIpc) is 3.37. The van der Waals surface area contributed by atoms with Gasteiger partial charge in [-0.05, 0) is 60.7 Å². The zero-order valence-electron chi connectivity index (χ0n) is 18.9. The van der Waals surface area contributed by atoms with E-state index in [9.17, 15) is 31.7 Å². The number of nitro groups is 1. The van der Waals surface area contributed by atoms with Crippen molar-refractivity contribution in [3.05, 3.63) is 99.0 Å². The highest BCUT2D eigenvalue weighted by molar-refractivity contribution is 7.93. The van der Waals surface area contributed by atoms with Gasteiger partial charge in [0.15, 0.2) is 5.13 Å². The molecule has 3 aromatic carbocycles. The molecule has 12 nitrogen and oxygen atoms in total. The third kappa shape index (κ3) is 6.25. The van der Waals surface area contributed by atoms with Crippen LogP contribution in [0.4, 0.5) is 22.2 Å². The predicted octanol–water partition coefficient (Wildman–Crippen LogP) is 4.56. The Hall–Kier alpha value is -4.05. The molecular formula is C22H16ClN5O7S3. The first kappa shape index (κ1) is 27.0. The van der Waals surface area contributed by atoms with Crippen molar-refractivity contribution in [2.24, 2.45) is 0 Å². The van der Waals surface area contributed by atoms with E-state index in [0.29, 0.717) is 5.69 Å². The lowest BCUT2D eigenvalue weighted by Crippen LogP contribution is -2.15. The number of aromatic nitrogens is 1. The van der Waals surface area contributed by atoms with E-state index in [2.05, 4.69) is 19.7 Å². The van der Waals surface area contributed by atoms with E-state index >= 15 is 0 Å². The van der Waals surface area contributed by atoms with Crippen LogP contribution in [0.25, 0.3) is 0 Å². The second-order valence-corrected chi connectivity index (χ2v) is 12.1. The second-order valence-electron chi connectivity index (χ2n) is 7.47. The first-order valence-electron chi connectivity index (χ1n) is 10.4. The molecule has 0 saturated heterocycles. The highest BCUT2D eigenvalue weighted by Crippen LogP contribution is 2.28. The van der Waals surface area contributed by atoms with Crippen LogP contribution in [0.15, 0.2) is 88.1 Å². The largest absolute Gasteiger partial charge is 0.322 e. The number of nitro benzene ring substituents is 1. The molecule has 1 aromatic heterocycles. The van der Waals surface area contributed by atoms with Crippen LogP contribution in [0.1, 0.15) is 10.4 Å². The van der Waals surface area contributed by atoms with E-state index in [-0.39, 0.29) is 31.2 Å². The molecule has 16 heteroatoms. The van der Waals surface area contributed by atoms with Gasteiger partial charge >= 0.3 is 0 Å². The number of sulfonamides is 2. The summed E-state index contributed by atoms with van der Waals surface area (Å²) in [5.74, 6) is -0.524. The van der Waals surface area contributed by atoms with Gasteiger partial charge in [0, 0.05) is 34.6 Å². The normalized spacial score (nSPS) is 11.5. The van der Waals surface area contributed by atoms with Gasteiger partial charge in [-0.2, -0.15) is 0 Å². The highest BCUT2D eigenvalue weighted by Gasteiger charge is 2.21. The lowest BCUT2D eigenvalue weighted by molar-refractivity contribution is -0.384. The summed E-state index contributed by atoms with van der Waals surface area (Å²) in [7, 11) is -8.01. The Morgan fingerprint density at radius 2 is 1.47 bits per heavy atom. The maximum atomic E-state index is 12.6. The van der Waals surface area contributed by atoms with Crippen LogP contribution in [0.2, 0.25) is 5.02 Å². The molecule has 0 radical (unpaired) electrons. The number of hydrogen-bond acceptors (Lipinski definition) is 9. The molecule has 0 atom stereocenters. The molecular weight excluding hydrogens is 578 g/mol. The maximum Gasteiger partial charge on any atom is 0.289 e. The maximum absolute atomic E-state index is 12.6. The number of rotatable bonds is 9. The quantitative estimate of drug-likeness (QED) is 0.187. The first-order chi connectivity index (χ1) is 17.9. The Labute approximate surface area is 225 Å². The minimum Gasteiger partial charge on any atom is -0.322 e. The monoisotopic (exact) mass is 593 g/mol. The smallest absolute Gasteiger partial charge is 0.289 e. The van der Waals surface area contributed by atoms with Gasteiger partial charge in [-0.1, -0.05) is 11.6 Å². The number of halogens is 1. The van der Waals surface area contributed by atoms with Gasteiger partial charge < -0.3 is 5.32 Å². The van der Waals surface area contributed by atoms with Gasteiger partial charge in [-0.25, -0.2) is 21.8 Å². The molecule has 0 aliphatic carbocycles. The van der Waals surface area contributed by atoms with Gasteiger partial charge in [-0.15, -0.1) is 11.3 Å². The standard InChI is InChI=1S/C22H16ClN5O7S3/c23-19-10-9-18(13-20(19)28(30)31)38(34,35)26-16-3-1-14(2-4-16)21(29)25-15-5-7-17(8-6-15)37(32,33)27-22-24-11-12-36-22/h1-13,26H,(H,24,27)(H,25,29). The third-order valence-electron chi connectivity index (χ3n) is 4.90. The van der Waals surface area contributed by atoms with E-state index in [4.69, 9.17) is 11.6 Å². The van der Waals surface area contributed by atoms with Gasteiger partial charge in [-0.3, -0.25) is 24.4 Å². The number of nitrogens with zero attached hydrogens (tertiary/aromatic N) is 2. The lowest BCUT2D eigenvalue weighted by atomic mass is 10.2. The van der Waals surface area contributed by atoms with Crippen LogP contribution in [0.5, 0.6) is 0 Å². The number of nitrogens with one attached hydrogen (secondary N) is 3. The van der Waals surface area contributed by atoms with Crippen molar-refractivity contribution < 1.29 is 26.6 Å². The van der Waals surface area contributed by atoms with Crippen molar-refractivity contribution in [1.29, 1.82) is 0 Å². The Balaban J connectivity index is 1.41. The molecule has 0 spiro atoms. The fourth-order valence-corrected chi connectivity index (χ4v) is 6.13.